The number of hydrogen-bond donors (Lipinski definition) is 1. The molecule has 0 fully saturated rings. The second-order valence-corrected chi connectivity index (χ2v) is 6.65. The molecule has 0 bridgehead atoms. The Morgan fingerprint density at radius 3 is 2.96 bits per heavy atom. The molecule has 3 aromatic rings. The summed E-state index contributed by atoms with van der Waals surface area (Å²) in [6, 6.07) is 5.23. The largest absolute Gasteiger partial charge is 0.382 e. The summed E-state index contributed by atoms with van der Waals surface area (Å²) in [6.45, 7) is 0.678. The molecule has 2 aromatic heterocycles. The highest BCUT2D eigenvalue weighted by Gasteiger charge is 2.15. The van der Waals surface area contributed by atoms with E-state index in [2.05, 4.69) is 15.4 Å². The summed E-state index contributed by atoms with van der Waals surface area (Å²) in [5.41, 5.74) is 1.55. The van der Waals surface area contributed by atoms with Crippen LogP contribution in [0.4, 0.5) is 5.95 Å². The summed E-state index contributed by atoms with van der Waals surface area (Å²) >= 11 is 13.6. The van der Waals surface area contributed by atoms with Gasteiger partial charge in [-0.15, -0.1) is 16.4 Å². The molecule has 132 valence electrons. The zero-order chi connectivity index (χ0) is 17.8. The third kappa shape index (κ3) is 4.28. The average molecular weight is 401 g/mol. The molecule has 1 aromatic carbocycles. The number of methoxy groups -OCH3 is 1. The molecule has 0 saturated heterocycles. The first-order valence-corrected chi connectivity index (χ1v) is 8.88. The van der Waals surface area contributed by atoms with Gasteiger partial charge in [-0.05, 0) is 18.2 Å². The molecule has 0 radical (unpaired) electrons. The van der Waals surface area contributed by atoms with E-state index in [0.717, 1.165) is 11.3 Å². The Bertz CT molecular complexity index is 896. The molecule has 0 aliphatic heterocycles. The minimum Gasteiger partial charge on any atom is -0.382 e. The molecule has 0 spiro atoms. The summed E-state index contributed by atoms with van der Waals surface area (Å²) in [5.74, 6) is -0.126. The van der Waals surface area contributed by atoms with Crippen LogP contribution < -0.4 is 5.32 Å². The number of ether oxygens (including phenoxy) is 2. The maximum absolute atomic E-state index is 11.8. The van der Waals surface area contributed by atoms with Gasteiger partial charge in [-0.1, -0.05) is 23.2 Å². The Kier molecular flexibility index (Phi) is 5.87. The Morgan fingerprint density at radius 1 is 1.36 bits per heavy atom. The van der Waals surface area contributed by atoms with Gasteiger partial charge in [0.2, 0.25) is 4.96 Å². The monoisotopic (exact) mass is 400 g/mol. The molecule has 0 unspecified atom stereocenters. The van der Waals surface area contributed by atoms with Gasteiger partial charge in [0.05, 0.1) is 23.9 Å². The summed E-state index contributed by atoms with van der Waals surface area (Å²) in [4.78, 5) is 16.7. The van der Waals surface area contributed by atoms with Gasteiger partial charge in [0.1, 0.15) is 6.61 Å². The second-order valence-electron chi connectivity index (χ2n) is 4.97. The highest BCUT2D eigenvalue weighted by Crippen LogP contribution is 2.32. The maximum atomic E-state index is 11.8. The molecular weight excluding hydrogens is 387 g/mol. The second kappa shape index (κ2) is 8.11. The maximum Gasteiger partial charge on any atom is 0.252 e. The van der Waals surface area contributed by atoms with E-state index in [1.54, 1.807) is 23.8 Å². The number of amides is 1. The topological polar surface area (TPSA) is 77.8 Å². The van der Waals surface area contributed by atoms with Crippen LogP contribution in [0.1, 0.15) is 0 Å². The van der Waals surface area contributed by atoms with Crippen molar-refractivity contribution in [1.82, 2.24) is 14.6 Å². The van der Waals surface area contributed by atoms with Crippen LogP contribution in [0.2, 0.25) is 10.0 Å². The van der Waals surface area contributed by atoms with E-state index >= 15 is 0 Å². The van der Waals surface area contributed by atoms with Gasteiger partial charge in [-0.25, -0.2) is 4.52 Å². The summed E-state index contributed by atoms with van der Waals surface area (Å²) < 4.78 is 11.6. The number of benzene rings is 1. The Balaban J connectivity index is 1.75. The SMILES string of the molecule is COCCOCC(=O)Nc1nc2scc(-c3ccc(Cl)cc3Cl)n2n1. The van der Waals surface area contributed by atoms with Crippen LogP contribution in [-0.4, -0.2) is 47.4 Å². The van der Waals surface area contributed by atoms with Crippen LogP contribution in [0.5, 0.6) is 0 Å². The van der Waals surface area contributed by atoms with Crippen LogP contribution in [0.15, 0.2) is 23.6 Å². The van der Waals surface area contributed by atoms with Gasteiger partial charge in [-0.2, -0.15) is 4.98 Å². The minimum atomic E-state index is -0.333. The molecule has 10 heteroatoms. The summed E-state index contributed by atoms with van der Waals surface area (Å²) in [6.07, 6.45) is 0. The number of thiazole rings is 1. The van der Waals surface area contributed by atoms with E-state index in [4.69, 9.17) is 32.7 Å². The lowest BCUT2D eigenvalue weighted by atomic mass is 10.2. The number of carbonyl (C=O) groups excluding carboxylic acids is 1. The van der Waals surface area contributed by atoms with Crippen molar-refractivity contribution in [2.45, 2.75) is 0 Å². The number of hydrogen-bond acceptors (Lipinski definition) is 6. The van der Waals surface area contributed by atoms with Crippen LogP contribution in [0, 0.1) is 0 Å². The molecule has 1 amide bonds. The number of nitrogens with zero attached hydrogens (tertiary/aromatic N) is 3. The zero-order valence-electron chi connectivity index (χ0n) is 13.2. The predicted molar refractivity (Wildman–Crippen MR) is 97.6 cm³/mol. The van der Waals surface area contributed by atoms with Crippen molar-refractivity contribution in [3.05, 3.63) is 33.6 Å². The van der Waals surface area contributed by atoms with E-state index in [1.165, 1.54) is 11.3 Å². The first kappa shape index (κ1) is 18.1. The third-order valence-corrected chi connectivity index (χ3v) is 4.57. The van der Waals surface area contributed by atoms with E-state index in [0.29, 0.717) is 28.2 Å². The first-order valence-electron chi connectivity index (χ1n) is 7.24. The minimum absolute atomic E-state index is 0.0912. The van der Waals surface area contributed by atoms with Gasteiger partial charge in [0, 0.05) is 23.1 Å². The fourth-order valence-corrected chi connectivity index (χ4v) is 3.41. The quantitative estimate of drug-likeness (QED) is 0.615. The van der Waals surface area contributed by atoms with Crippen molar-refractivity contribution in [1.29, 1.82) is 0 Å². The molecule has 0 aliphatic carbocycles. The van der Waals surface area contributed by atoms with Crippen molar-refractivity contribution in [3.63, 3.8) is 0 Å². The summed E-state index contributed by atoms with van der Waals surface area (Å²) in [7, 11) is 1.57. The van der Waals surface area contributed by atoms with Crippen LogP contribution >= 0.6 is 34.5 Å². The molecule has 0 saturated carbocycles. The van der Waals surface area contributed by atoms with Crippen molar-refractivity contribution in [3.8, 4) is 11.3 Å². The lowest BCUT2D eigenvalue weighted by Crippen LogP contribution is -2.20. The smallest absolute Gasteiger partial charge is 0.252 e. The van der Waals surface area contributed by atoms with Crippen LogP contribution in [0.25, 0.3) is 16.2 Å². The number of halogens is 2. The van der Waals surface area contributed by atoms with Gasteiger partial charge < -0.3 is 9.47 Å². The lowest BCUT2D eigenvalue weighted by Gasteiger charge is -2.03. The predicted octanol–water partition coefficient (Wildman–Crippen LogP) is 3.37. The van der Waals surface area contributed by atoms with Crippen molar-refractivity contribution in [2.75, 3.05) is 32.2 Å². The molecule has 0 atom stereocenters. The van der Waals surface area contributed by atoms with E-state index < -0.39 is 0 Å². The van der Waals surface area contributed by atoms with E-state index in [1.807, 2.05) is 11.4 Å². The molecule has 2 heterocycles. The Labute approximate surface area is 157 Å². The third-order valence-electron chi connectivity index (χ3n) is 3.20. The summed E-state index contributed by atoms with van der Waals surface area (Å²) in [5, 5.41) is 9.87. The van der Waals surface area contributed by atoms with Crippen molar-refractivity contribution < 1.29 is 14.3 Å². The number of nitrogens with one attached hydrogen (secondary N) is 1. The Hall–Kier alpha value is -1.71. The number of fused-ring (bicyclic) bond motifs is 1. The van der Waals surface area contributed by atoms with E-state index in [-0.39, 0.29) is 18.5 Å². The van der Waals surface area contributed by atoms with Crippen molar-refractivity contribution >= 4 is 51.4 Å². The van der Waals surface area contributed by atoms with Crippen molar-refractivity contribution in [2.24, 2.45) is 0 Å². The van der Waals surface area contributed by atoms with Gasteiger partial charge in [0.15, 0.2) is 0 Å². The zero-order valence-corrected chi connectivity index (χ0v) is 15.5. The standard InChI is InChI=1S/C15H14Cl2N4O3S/c1-23-4-5-24-7-13(22)18-14-19-15-21(20-14)12(8-25-15)10-3-2-9(16)6-11(10)17/h2-3,6,8H,4-5,7H2,1H3,(H,18,20,22). The molecule has 0 aliphatic rings. The molecule has 3 rings (SSSR count). The van der Waals surface area contributed by atoms with Gasteiger partial charge >= 0.3 is 0 Å². The average Bonchev–Trinajstić information content (AvgIpc) is 3.12. The molecule has 7 nitrogen and oxygen atoms in total. The van der Waals surface area contributed by atoms with Gasteiger partial charge in [0.25, 0.3) is 11.9 Å². The number of aromatic nitrogens is 3. The Morgan fingerprint density at radius 2 is 2.20 bits per heavy atom. The normalized spacial score (nSPS) is 11.2. The first-order chi connectivity index (χ1) is 12.1. The van der Waals surface area contributed by atoms with Crippen LogP contribution in [0.3, 0.4) is 0 Å². The van der Waals surface area contributed by atoms with Crippen LogP contribution in [-0.2, 0) is 14.3 Å². The fourth-order valence-electron chi connectivity index (χ4n) is 2.09. The number of rotatable bonds is 7. The number of anilines is 1. The lowest BCUT2D eigenvalue weighted by molar-refractivity contribution is -0.121. The molecule has 1 N–H and O–H groups in total. The highest BCUT2D eigenvalue weighted by molar-refractivity contribution is 7.15. The van der Waals surface area contributed by atoms with E-state index in [9.17, 15) is 4.79 Å². The fraction of sp³-hybridized carbons (Fsp3) is 0.267. The number of carbonyl (C=O) groups is 1. The van der Waals surface area contributed by atoms with Gasteiger partial charge in [-0.3, -0.25) is 10.1 Å². The molecule has 25 heavy (non-hydrogen) atoms. The molecular formula is C15H14Cl2N4O3S. The highest BCUT2D eigenvalue weighted by atomic mass is 35.5.